The molecule has 2 rings (SSSR count). The molecule has 0 bridgehead atoms. The summed E-state index contributed by atoms with van der Waals surface area (Å²) in [7, 11) is 1.24. The number of carbonyl (C=O) groups is 1. The fourth-order valence-corrected chi connectivity index (χ4v) is 2.14. The zero-order valence-corrected chi connectivity index (χ0v) is 11.0. The maximum absolute atomic E-state index is 12.0. The highest BCUT2D eigenvalue weighted by atomic mass is 35.5. The standard InChI is InChI=1S/C13H12ClNO4/c1-19-13(18)11-7-12(17)9-6-8(14)2-3-10(9)15(11)4-5-16/h2-3,6-7,16H,4-5H2,1H3. The Morgan fingerprint density at radius 3 is 2.79 bits per heavy atom. The van der Waals surface area contributed by atoms with Crippen LogP contribution in [0, 0.1) is 0 Å². The minimum atomic E-state index is -0.623. The van der Waals surface area contributed by atoms with Crippen LogP contribution in [-0.2, 0) is 11.3 Å². The summed E-state index contributed by atoms with van der Waals surface area (Å²) < 4.78 is 6.19. The molecule has 0 unspecified atom stereocenters. The Hall–Kier alpha value is -1.85. The van der Waals surface area contributed by atoms with Gasteiger partial charge in [0, 0.05) is 23.0 Å². The summed E-state index contributed by atoms with van der Waals surface area (Å²) in [4.78, 5) is 23.7. The highest BCUT2D eigenvalue weighted by molar-refractivity contribution is 6.31. The monoisotopic (exact) mass is 281 g/mol. The lowest BCUT2D eigenvalue weighted by Gasteiger charge is -2.14. The van der Waals surface area contributed by atoms with Crippen molar-refractivity contribution < 1.29 is 14.6 Å². The lowest BCUT2D eigenvalue weighted by molar-refractivity contribution is 0.0587. The van der Waals surface area contributed by atoms with E-state index >= 15 is 0 Å². The quantitative estimate of drug-likeness (QED) is 0.864. The topological polar surface area (TPSA) is 68.5 Å². The van der Waals surface area contributed by atoms with Crippen LogP contribution in [0.5, 0.6) is 0 Å². The molecule has 0 aliphatic heterocycles. The van der Waals surface area contributed by atoms with E-state index in [0.29, 0.717) is 15.9 Å². The van der Waals surface area contributed by atoms with Gasteiger partial charge in [-0.1, -0.05) is 11.6 Å². The van der Waals surface area contributed by atoms with Crippen molar-refractivity contribution in [1.29, 1.82) is 0 Å². The number of esters is 1. The predicted octanol–water partition coefficient (Wildman–Crippen LogP) is 1.43. The number of ether oxygens (including phenoxy) is 1. The van der Waals surface area contributed by atoms with Crippen molar-refractivity contribution >= 4 is 28.5 Å². The van der Waals surface area contributed by atoms with E-state index in [1.54, 1.807) is 16.7 Å². The van der Waals surface area contributed by atoms with Gasteiger partial charge in [0.15, 0.2) is 5.43 Å². The number of halogens is 1. The first-order valence-corrected chi connectivity index (χ1v) is 5.98. The Bertz CT molecular complexity index is 693. The Labute approximate surface area is 114 Å². The van der Waals surface area contributed by atoms with E-state index in [2.05, 4.69) is 4.74 Å². The third kappa shape index (κ3) is 2.47. The SMILES string of the molecule is COC(=O)c1cc(=O)c2cc(Cl)ccc2n1CCO. The number of pyridine rings is 1. The lowest BCUT2D eigenvalue weighted by Crippen LogP contribution is -2.20. The van der Waals surface area contributed by atoms with Gasteiger partial charge in [-0.05, 0) is 18.2 Å². The zero-order valence-electron chi connectivity index (χ0n) is 10.2. The Kier molecular flexibility index (Phi) is 3.87. The molecule has 100 valence electrons. The molecule has 0 spiro atoms. The minimum Gasteiger partial charge on any atom is -0.464 e. The number of rotatable bonds is 3. The van der Waals surface area contributed by atoms with Crippen molar-refractivity contribution in [2.45, 2.75) is 6.54 Å². The van der Waals surface area contributed by atoms with E-state index in [4.69, 9.17) is 16.7 Å². The molecule has 0 fully saturated rings. The molecule has 19 heavy (non-hydrogen) atoms. The molecule has 1 aromatic heterocycles. The molecule has 0 aliphatic carbocycles. The van der Waals surface area contributed by atoms with Crippen LogP contribution in [0.1, 0.15) is 10.5 Å². The molecule has 0 amide bonds. The van der Waals surface area contributed by atoms with Gasteiger partial charge in [0.25, 0.3) is 0 Å². The van der Waals surface area contributed by atoms with Gasteiger partial charge in [0.05, 0.1) is 19.2 Å². The van der Waals surface area contributed by atoms with Gasteiger partial charge in [-0.15, -0.1) is 0 Å². The van der Waals surface area contributed by atoms with Crippen LogP contribution < -0.4 is 5.43 Å². The van der Waals surface area contributed by atoms with Crippen LogP contribution in [0.4, 0.5) is 0 Å². The first kappa shape index (κ1) is 13.6. The molecule has 6 heteroatoms. The summed E-state index contributed by atoms with van der Waals surface area (Å²) >= 11 is 5.86. The maximum atomic E-state index is 12.0. The molecule has 0 atom stereocenters. The lowest BCUT2D eigenvalue weighted by atomic mass is 10.1. The van der Waals surface area contributed by atoms with Crippen LogP contribution in [0.3, 0.4) is 0 Å². The highest BCUT2D eigenvalue weighted by Crippen LogP contribution is 2.18. The number of aliphatic hydroxyl groups is 1. The minimum absolute atomic E-state index is 0.108. The van der Waals surface area contributed by atoms with Crippen LogP contribution >= 0.6 is 11.6 Å². The second kappa shape index (κ2) is 5.42. The number of methoxy groups -OCH3 is 1. The number of aromatic nitrogens is 1. The summed E-state index contributed by atoms with van der Waals surface area (Å²) in [5, 5.41) is 9.94. The molecule has 1 heterocycles. The average molecular weight is 282 g/mol. The van der Waals surface area contributed by atoms with E-state index in [1.807, 2.05) is 0 Å². The summed E-state index contributed by atoms with van der Waals surface area (Å²) in [6, 6.07) is 5.99. The number of carbonyl (C=O) groups excluding carboxylic acids is 1. The van der Waals surface area contributed by atoms with Gasteiger partial charge in [-0.25, -0.2) is 4.79 Å². The Morgan fingerprint density at radius 1 is 1.42 bits per heavy atom. The summed E-state index contributed by atoms with van der Waals surface area (Å²) in [5.41, 5.74) is 0.329. The predicted molar refractivity (Wildman–Crippen MR) is 71.6 cm³/mol. The second-order valence-electron chi connectivity index (χ2n) is 3.92. The maximum Gasteiger partial charge on any atom is 0.354 e. The molecule has 1 N–H and O–H groups in total. The molecule has 5 nitrogen and oxygen atoms in total. The normalized spacial score (nSPS) is 10.7. The van der Waals surface area contributed by atoms with Crippen LogP contribution in [0.2, 0.25) is 5.02 Å². The van der Waals surface area contributed by atoms with Crippen LogP contribution in [-0.4, -0.2) is 29.4 Å². The highest BCUT2D eigenvalue weighted by Gasteiger charge is 2.15. The van der Waals surface area contributed by atoms with Crippen molar-refractivity contribution in [3.63, 3.8) is 0 Å². The first-order chi connectivity index (χ1) is 9.08. The average Bonchev–Trinajstić information content (AvgIpc) is 2.41. The van der Waals surface area contributed by atoms with Gasteiger partial charge in [-0.3, -0.25) is 4.79 Å². The fourth-order valence-electron chi connectivity index (χ4n) is 1.97. The van der Waals surface area contributed by atoms with Gasteiger partial charge in [0.1, 0.15) is 5.69 Å². The van der Waals surface area contributed by atoms with Gasteiger partial charge < -0.3 is 14.4 Å². The van der Waals surface area contributed by atoms with Crippen molar-refractivity contribution in [3.05, 3.63) is 45.2 Å². The van der Waals surface area contributed by atoms with E-state index in [-0.39, 0.29) is 24.3 Å². The number of hydrogen-bond acceptors (Lipinski definition) is 4. The van der Waals surface area contributed by atoms with Crippen molar-refractivity contribution in [2.75, 3.05) is 13.7 Å². The van der Waals surface area contributed by atoms with Gasteiger partial charge in [-0.2, -0.15) is 0 Å². The number of hydrogen-bond donors (Lipinski definition) is 1. The van der Waals surface area contributed by atoms with Crippen LogP contribution in [0.15, 0.2) is 29.1 Å². The first-order valence-electron chi connectivity index (χ1n) is 5.60. The third-order valence-electron chi connectivity index (χ3n) is 2.79. The molecular formula is C13H12ClNO4. The number of fused-ring (bicyclic) bond motifs is 1. The third-order valence-corrected chi connectivity index (χ3v) is 3.03. The van der Waals surface area contributed by atoms with E-state index in [0.717, 1.165) is 0 Å². The molecule has 1 aromatic carbocycles. The van der Waals surface area contributed by atoms with Crippen molar-refractivity contribution in [3.8, 4) is 0 Å². The summed E-state index contributed by atoms with van der Waals surface area (Å²) in [6.45, 7) is 0.0213. The second-order valence-corrected chi connectivity index (χ2v) is 4.36. The number of benzene rings is 1. The summed E-state index contributed by atoms with van der Waals surface area (Å²) in [5.74, 6) is -0.623. The van der Waals surface area contributed by atoms with E-state index in [1.165, 1.54) is 19.2 Å². The molecule has 0 saturated carbocycles. The smallest absolute Gasteiger partial charge is 0.354 e. The number of aliphatic hydroxyl groups excluding tert-OH is 1. The molecule has 0 saturated heterocycles. The largest absolute Gasteiger partial charge is 0.464 e. The molecule has 2 aromatic rings. The summed E-state index contributed by atoms with van der Waals surface area (Å²) in [6.07, 6.45) is 0. The van der Waals surface area contributed by atoms with Crippen molar-refractivity contribution in [1.82, 2.24) is 4.57 Å². The van der Waals surface area contributed by atoms with E-state index in [9.17, 15) is 9.59 Å². The number of nitrogens with zero attached hydrogens (tertiary/aromatic N) is 1. The molecule has 0 aliphatic rings. The van der Waals surface area contributed by atoms with Crippen LogP contribution in [0.25, 0.3) is 10.9 Å². The Balaban J connectivity index is 2.84. The van der Waals surface area contributed by atoms with Gasteiger partial charge in [0.2, 0.25) is 0 Å². The Morgan fingerprint density at radius 2 is 2.16 bits per heavy atom. The molecule has 0 radical (unpaired) electrons. The van der Waals surface area contributed by atoms with Gasteiger partial charge >= 0.3 is 5.97 Å². The zero-order chi connectivity index (χ0) is 14.0. The molecular weight excluding hydrogens is 270 g/mol. The van der Waals surface area contributed by atoms with E-state index < -0.39 is 5.97 Å². The van der Waals surface area contributed by atoms with Crippen molar-refractivity contribution in [2.24, 2.45) is 0 Å². The fraction of sp³-hybridized carbons (Fsp3) is 0.231.